The maximum atomic E-state index is 8.60. The highest BCUT2D eigenvalue weighted by Gasteiger charge is 2.62. The molecule has 0 bridgehead atoms. The molecule has 126 valence electrons. The van der Waals surface area contributed by atoms with E-state index in [2.05, 4.69) is 19.1 Å². The van der Waals surface area contributed by atoms with E-state index in [1.54, 1.807) is 0 Å². The summed E-state index contributed by atoms with van der Waals surface area (Å²) in [6.45, 7) is 2.83. The molecule has 0 spiro atoms. The first-order valence-corrected chi connectivity index (χ1v) is 9.11. The van der Waals surface area contributed by atoms with Crippen molar-refractivity contribution in [2.75, 3.05) is 6.61 Å². The summed E-state index contributed by atoms with van der Waals surface area (Å²) in [5.74, 6) is 1.08. The van der Waals surface area contributed by atoms with Crippen LogP contribution in [0.25, 0.3) is 0 Å². The number of ether oxygens (including phenoxy) is 1. The van der Waals surface area contributed by atoms with Crippen LogP contribution in [0.15, 0.2) is 17.1 Å². The Hall–Kier alpha value is -0.660. The van der Waals surface area contributed by atoms with Crippen LogP contribution in [-0.4, -0.2) is 22.7 Å². The van der Waals surface area contributed by atoms with E-state index in [1.165, 1.54) is 38.5 Å². The lowest BCUT2D eigenvalue weighted by Crippen LogP contribution is -2.62. The zero-order chi connectivity index (χ0) is 16.3. The quantitative estimate of drug-likeness (QED) is 0.664. The van der Waals surface area contributed by atoms with Gasteiger partial charge in [0.25, 0.3) is 0 Å². The molecule has 0 saturated heterocycles. The van der Waals surface area contributed by atoms with Crippen LogP contribution in [0, 0.1) is 15.7 Å². The summed E-state index contributed by atoms with van der Waals surface area (Å²) in [6.07, 6.45) is 15.0. The number of aliphatic imine (C=N–C) groups is 1. The molecule has 0 aromatic carbocycles. The third-order valence-corrected chi connectivity index (χ3v) is 4.93. The molecule has 6 nitrogen and oxygen atoms in total. The van der Waals surface area contributed by atoms with Crippen molar-refractivity contribution in [2.24, 2.45) is 10.4 Å². The van der Waals surface area contributed by atoms with E-state index in [1.807, 2.05) is 0 Å². The zero-order valence-corrected chi connectivity index (χ0v) is 13.7. The van der Waals surface area contributed by atoms with Crippen LogP contribution in [0.4, 0.5) is 0 Å². The maximum absolute atomic E-state index is 8.60. The van der Waals surface area contributed by atoms with Crippen LogP contribution in [0.3, 0.4) is 0 Å². The summed E-state index contributed by atoms with van der Waals surface area (Å²) in [5, 5.41) is 0. The Morgan fingerprint density at radius 3 is 2.36 bits per heavy atom. The van der Waals surface area contributed by atoms with Gasteiger partial charge >= 0.3 is 0 Å². The largest absolute Gasteiger partial charge is 0.481 e. The Kier molecular flexibility index (Phi) is 5.50. The molecule has 0 amide bonds. The van der Waals surface area contributed by atoms with Crippen LogP contribution in [0.5, 0.6) is 0 Å². The smallest absolute Gasteiger partial charge is 0.193 e. The number of allylic oxidation sites excluding steroid dienone is 1. The minimum atomic E-state index is -4.69. The molecule has 2 atom stereocenters. The molecule has 0 aromatic rings. The highest BCUT2D eigenvalue weighted by Crippen LogP contribution is 2.58. The highest BCUT2D eigenvalue weighted by molar-refractivity contribution is 5.91. The van der Waals surface area contributed by atoms with Crippen molar-refractivity contribution in [3.8, 4) is 0 Å². The van der Waals surface area contributed by atoms with Gasteiger partial charge < -0.3 is 4.74 Å². The van der Waals surface area contributed by atoms with E-state index in [9.17, 15) is 0 Å². The molecular formula is C15H24ClNO5. The molecule has 7 heteroatoms. The van der Waals surface area contributed by atoms with Gasteiger partial charge in [-0.1, -0.05) is 37.8 Å². The lowest BCUT2D eigenvalue weighted by molar-refractivity contribution is -1.92. The second-order valence-electron chi connectivity index (χ2n) is 6.15. The summed E-state index contributed by atoms with van der Waals surface area (Å²) in [7, 11) is -4.69. The molecule has 3 rings (SSSR count). The summed E-state index contributed by atoms with van der Waals surface area (Å²) in [4.78, 5) is 4.92. The van der Waals surface area contributed by atoms with E-state index in [-0.39, 0.29) is 11.0 Å². The molecular weight excluding hydrogens is 310 g/mol. The molecule has 22 heavy (non-hydrogen) atoms. The van der Waals surface area contributed by atoms with Crippen LogP contribution < -0.4 is 14.0 Å². The predicted molar refractivity (Wildman–Crippen MR) is 72.5 cm³/mol. The number of rotatable bonds is 1. The van der Waals surface area contributed by atoms with E-state index in [0.717, 1.165) is 25.3 Å². The van der Waals surface area contributed by atoms with Gasteiger partial charge in [-0.25, -0.2) is 4.99 Å². The van der Waals surface area contributed by atoms with E-state index in [4.69, 9.17) is 28.4 Å². The first kappa shape index (κ1) is 17.7. The monoisotopic (exact) mass is 333 g/mol. The molecule has 0 radical (unpaired) electrons. The van der Waals surface area contributed by atoms with E-state index in [0.29, 0.717) is 0 Å². The fourth-order valence-electron chi connectivity index (χ4n) is 3.98. The Bertz CT molecular complexity index is 442. The first-order valence-electron chi connectivity index (χ1n) is 7.84. The summed E-state index contributed by atoms with van der Waals surface area (Å²) < 4.78 is 38.5. The van der Waals surface area contributed by atoms with Crippen LogP contribution in [-0.2, 0) is 4.74 Å². The molecule has 2 aliphatic carbocycles. The molecule has 3 aliphatic rings. The molecule has 1 aliphatic heterocycles. The van der Waals surface area contributed by atoms with Crippen molar-refractivity contribution in [1.82, 2.24) is 0 Å². The molecule has 1 fully saturated rings. The predicted octanol–water partition coefficient (Wildman–Crippen LogP) is -0.260. The van der Waals surface area contributed by atoms with Crippen molar-refractivity contribution in [2.45, 2.75) is 63.8 Å². The van der Waals surface area contributed by atoms with Gasteiger partial charge in [0.2, 0.25) is 0 Å². The van der Waals surface area contributed by atoms with Crippen LogP contribution >= 0.6 is 0 Å². The third-order valence-electron chi connectivity index (χ3n) is 4.93. The maximum Gasteiger partial charge on any atom is 0.193 e. The Balaban J connectivity index is 0.000000309. The first-order chi connectivity index (χ1) is 10.3. The molecule has 1 heterocycles. The third kappa shape index (κ3) is 3.63. The SMILES string of the molecule is CCOC1=NC23CC=CCC12CCCCCC3.[O-][Cl+3]([O-])([O-])O. The minimum Gasteiger partial charge on any atom is -0.481 e. The average molecular weight is 334 g/mol. The number of hydrogen-bond donors (Lipinski definition) is 1. The Morgan fingerprint density at radius 1 is 1.14 bits per heavy atom. The standard InChI is InChI=1S/C15H23NO.ClHO4/c1-2-17-13-14-9-5-3-4-6-11-15(14,16-13)12-8-7-10-14;2-1(3,4)5/h7-8H,2-6,9-12H2,1H3;(H,2,3,4,5). The molecule has 2 unspecified atom stereocenters. The second-order valence-corrected chi connectivity index (χ2v) is 6.95. The van der Waals surface area contributed by atoms with Gasteiger partial charge in [-0.2, -0.15) is 14.0 Å². The number of halogens is 1. The zero-order valence-electron chi connectivity index (χ0n) is 12.9. The van der Waals surface area contributed by atoms with Gasteiger partial charge in [-0.05, 0) is 32.6 Å². The van der Waals surface area contributed by atoms with E-state index < -0.39 is 10.2 Å². The molecule has 1 saturated carbocycles. The van der Waals surface area contributed by atoms with Crippen LogP contribution in [0.1, 0.15) is 58.3 Å². The normalized spacial score (nSPS) is 33.8. The van der Waals surface area contributed by atoms with Gasteiger partial charge in [0, 0.05) is 0 Å². The van der Waals surface area contributed by atoms with Gasteiger partial charge in [-0.15, -0.1) is 0 Å². The summed E-state index contributed by atoms with van der Waals surface area (Å²) in [5.41, 5.74) is 0.491. The Morgan fingerprint density at radius 2 is 1.73 bits per heavy atom. The van der Waals surface area contributed by atoms with Crippen molar-refractivity contribution in [1.29, 1.82) is 0 Å². The fraction of sp³-hybridized carbons (Fsp3) is 0.800. The van der Waals surface area contributed by atoms with Gasteiger partial charge in [0.15, 0.2) is 5.90 Å². The summed E-state index contributed by atoms with van der Waals surface area (Å²) in [6, 6.07) is 0. The Labute approximate surface area is 133 Å². The molecule has 1 N–H and O–H groups in total. The fourth-order valence-corrected chi connectivity index (χ4v) is 3.98. The van der Waals surface area contributed by atoms with Crippen molar-refractivity contribution in [3.63, 3.8) is 0 Å². The minimum absolute atomic E-state index is 0.215. The lowest BCUT2D eigenvalue weighted by atomic mass is 9.54. The lowest BCUT2D eigenvalue weighted by Gasteiger charge is -2.57. The van der Waals surface area contributed by atoms with Gasteiger partial charge in [-0.3, -0.25) is 0 Å². The van der Waals surface area contributed by atoms with Crippen molar-refractivity contribution >= 4 is 5.90 Å². The van der Waals surface area contributed by atoms with E-state index >= 15 is 0 Å². The number of hydrogen-bond acceptors (Lipinski definition) is 6. The second kappa shape index (κ2) is 6.84. The number of nitrogens with zero attached hydrogens (tertiary/aromatic N) is 1. The van der Waals surface area contributed by atoms with Crippen LogP contribution in [0.2, 0.25) is 0 Å². The average Bonchev–Trinajstić information content (AvgIpc) is 2.38. The van der Waals surface area contributed by atoms with Crippen molar-refractivity contribution < 1.29 is 33.6 Å². The van der Waals surface area contributed by atoms with Gasteiger partial charge in [0.1, 0.15) is 0 Å². The summed E-state index contributed by atoms with van der Waals surface area (Å²) >= 11 is 0. The highest BCUT2D eigenvalue weighted by atomic mass is 35.7. The van der Waals surface area contributed by atoms with Crippen molar-refractivity contribution in [3.05, 3.63) is 12.2 Å². The van der Waals surface area contributed by atoms with Gasteiger partial charge in [0.05, 0.1) is 32.5 Å². The topological polar surface area (TPSA) is 111 Å². The molecule has 0 aromatic heterocycles.